The first-order valence-corrected chi connectivity index (χ1v) is 8.60. The van der Waals surface area contributed by atoms with Crippen LogP contribution in [0.25, 0.3) is 0 Å². The van der Waals surface area contributed by atoms with E-state index in [9.17, 15) is 0 Å². The highest BCUT2D eigenvalue weighted by Gasteiger charge is 2.43. The number of nitrogens with one attached hydrogen (secondary N) is 1. The Kier molecular flexibility index (Phi) is 4.18. The zero-order chi connectivity index (χ0) is 12.4. The largest absolute Gasteiger partial charge is 0.374 e. The average molecular weight is 270 g/mol. The highest BCUT2D eigenvalue weighted by Crippen LogP contribution is 2.40. The van der Waals surface area contributed by atoms with Gasteiger partial charge in [-0.05, 0) is 51.4 Å². The van der Waals surface area contributed by atoms with E-state index in [1.165, 1.54) is 50.2 Å². The van der Waals surface area contributed by atoms with Crippen molar-refractivity contribution in [1.29, 1.82) is 0 Å². The fourth-order valence-electron chi connectivity index (χ4n) is 3.94. The molecule has 104 valence electrons. The molecule has 0 saturated carbocycles. The molecule has 3 aliphatic heterocycles. The number of nitrogens with zero attached hydrogens (tertiary/aromatic N) is 1. The third-order valence-electron chi connectivity index (χ3n) is 4.87. The number of hydrogen-bond acceptors (Lipinski definition) is 4. The molecule has 1 spiro atoms. The second-order valence-corrected chi connectivity index (χ2v) is 7.18. The second-order valence-electron chi connectivity index (χ2n) is 6.07. The van der Waals surface area contributed by atoms with E-state index in [0.717, 1.165) is 25.2 Å². The lowest BCUT2D eigenvalue weighted by molar-refractivity contribution is -0.0910. The molecular weight excluding hydrogens is 244 g/mol. The molecule has 3 atom stereocenters. The Balaban J connectivity index is 1.64. The van der Waals surface area contributed by atoms with Gasteiger partial charge in [0.05, 0.1) is 5.60 Å². The Bertz CT molecular complexity index is 281. The van der Waals surface area contributed by atoms with Gasteiger partial charge in [0.1, 0.15) is 0 Å². The van der Waals surface area contributed by atoms with E-state index in [1.807, 2.05) is 0 Å². The van der Waals surface area contributed by atoms with Crippen LogP contribution < -0.4 is 5.32 Å². The van der Waals surface area contributed by atoms with Crippen molar-refractivity contribution < 1.29 is 4.74 Å². The molecule has 0 aromatic heterocycles. The smallest absolute Gasteiger partial charge is 0.0795 e. The lowest BCUT2D eigenvalue weighted by Gasteiger charge is -2.43. The molecule has 3 aliphatic rings. The third kappa shape index (κ3) is 2.58. The summed E-state index contributed by atoms with van der Waals surface area (Å²) in [5, 5.41) is 3.36. The van der Waals surface area contributed by atoms with Crippen molar-refractivity contribution in [2.75, 3.05) is 38.2 Å². The summed E-state index contributed by atoms with van der Waals surface area (Å²) in [5.74, 6) is 2.53. The minimum absolute atomic E-state index is 0.236. The number of likely N-dealkylation sites (N-methyl/N-ethyl adjacent to an activating group) is 1. The van der Waals surface area contributed by atoms with Crippen molar-refractivity contribution in [3.8, 4) is 0 Å². The first kappa shape index (κ1) is 13.2. The van der Waals surface area contributed by atoms with E-state index in [-0.39, 0.29) is 5.60 Å². The van der Waals surface area contributed by atoms with Crippen LogP contribution in [0, 0.1) is 0 Å². The first-order valence-electron chi connectivity index (χ1n) is 7.45. The van der Waals surface area contributed by atoms with Gasteiger partial charge in [-0.2, -0.15) is 11.8 Å². The summed E-state index contributed by atoms with van der Waals surface area (Å²) in [4.78, 5) is 2.78. The zero-order valence-corrected chi connectivity index (χ0v) is 12.3. The molecule has 18 heavy (non-hydrogen) atoms. The van der Waals surface area contributed by atoms with Crippen LogP contribution in [-0.4, -0.2) is 60.8 Å². The first-order chi connectivity index (χ1) is 8.83. The van der Waals surface area contributed by atoms with Crippen molar-refractivity contribution >= 4 is 11.8 Å². The highest BCUT2D eigenvalue weighted by molar-refractivity contribution is 7.99. The molecule has 0 bridgehead atoms. The quantitative estimate of drug-likeness (QED) is 0.844. The summed E-state index contributed by atoms with van der Waals surface area (Å²) in [6.45, 7) is 3.44. The summed E-state index contributed by atoms with van der Waals surface area (Å²) in [5.41, 5.74) is 0.236. The molecule has 0 aromatic rings. The van der Waals surface area contributed by atoms with Gasteiger partial charge in [0.2, 0.25) is 0 Å². The molecule has 3 rings (SSSR count). The lowest BCUT2D eigenvalue weighted by Crippen LogP contribution is -2.51. The van der Waals surface area contributed by atoms with Crippen LogP contribution in [-0.2, 0) is 4.74 Å². The van der Waals surface area contributed by atoms with Gasteiger partial charge in [-0.25, -0.2) is 0 Å². The number of rotatable bonds is 3. The van der Waals surface area contributed by atoms with Crippen LogP contribution in [0.3, 0.4) is 0 Å². The Morgan fingerprint density at radius 1 is 1.44 bits per heavy atom. The minimum atomic E-state index is 0.236. The van der Waals surface area contributed by atoms with Crippen LogP contribution in [0.15, 0.2) is 0 Å². The lowest BCUT2D eigenvalue weighted by atomic mass is 9.88. The normalized spacial score (nSPS) is 41.8. The molecule has 3 nitrogen and oxygen atoms in total. The Morgan fingerprint density at radius 3 is 3.17 bits per heavy atom. The molecule has 3 unspecified atom stereocenters. The van der Waals surface area contributed by atoms with Crippen molar-refractivity contribution in [2.24, 2.45) is 0 Å². The van der Waals surface area contributed by atoms with Gasteiger partial charge in [-0.1, -0.05) is 0 Å². The van der Waals surface area contributed by atoms with E-state index >= 15 is 0 Å². The molecule has 3 saturated heterocycles. The Hall–Kier alpha value is 0.230. The predicted octanol–water partition coefficient (Wildman–Crippen LogP) is 1.72. The average Bonchev–Trinajstić information content (AvgIpc) is 3.00. The van der Waals surface area contributed by atoms with Gasteiger partial charge in [-0.3, -0.25) is 4.90 Å². The topological polar surface area (TPSA) is 24.5 Å². The summed E-state index contributed by atoms with van der Waals surface area (Å²) >= 11 is 2.08. The van der Waals surface area contributed by atoms with Gasteiger partial charge in [0.25, 0.3) is 0 Å². The highest BCUT2D eigenvalue weighted by atomic mass is 32.2. The number of ether oxygens (including phenoxy) is 1. The number of hydrogen-bond donors (Lipinski definition) is 1. The molecular formula is C14H26N2OS. The van der Waals surface area contributed by atoms with Crippen molar-refractivity contribution in [1.82, 2.24) is 10.2 Å². The van der Waals surface area contributed by atoms with E-state index in [2.05, 4.69) is 29.0 Å². The van der Waals surface area contributed by atoms with E-state index < -0.39 is 0 Å². The van der Waals surface area contributed by atoms with Crippen LogP contribution in [0.5, 0.6) is 0 Å². The van der Waals surface area contributed by atoms with Gasteiger partial charge < -0.3 is 10.1 Å². The summed E-state index contributed by atoms with van der Waals surface area (Å²) in [6, 6.07) is 1.54. The fraction of sp³-hybridized carbons (Fsp3) is 1.00. The second kappa shape index (κ2) is 5.70. The van der Waals surface area contributed by atoms with E-state index in [0.29, 0.717) is 0 Å². The van der Waals surface area contributed by atoms with Crippen LogP contribution in [0.2, 0.25) is 0 Å². The molecule has 3 fully saturated rings. The number of likely N-dealkylation sites (tertiary alicyclic amines) is 1. The zero-order valence-electron chi connectivity index (χ0n) is 11.5. The maximum absolute atomic E-state index is 6.15. The van der Waals surface area contributed by atoms with E-state index in [1.54, 1.807) is 0 Å². The standard InChI is InChI=1S/C14H26N2OS/c1-15-10-13-3-2-6-16(13)12-4-7-17-14(9-12)5-8-18-11-14/h12-13,15H,2-11H2,1H3. The van der Waals surface area contributed by atoms with Crippen molar-refractivity contribution in [2.45, 2.75) is 49.8 Å². The molecule has 0 amide bonds. The minimum Gasteiger partial charge on any atom is -0.374 e. The SMILES string of the molecule is CNCC1CCCN1C1CCOC2(CCSC2)C1. The molecule has 0 radical (unpaired) electrons. The maximum atomic E-state index is 6.15. The van der Waals surface area contributed by atoms with Crippen molar-refractivity contribution in [3.63, 3.8) is 0 Å². The molecule has 1 N–H and O–H groups in total. The number of thioether (sulfide) groups is 1. The Morgan fingerprint density at radius 2 is 2.39 bits per heavy atom. The Labute approximate surface area is 115 Å². The van der Waals surface area contributed by atoms with Crippen LogP contribution in [0.1, 0.15) is 32.1 Å². The van der Waals surface area contributed by atoms with Crippen LogP contribution in [0.4, 0.5) is 0 Å². The molecule has 3 heterocycles. The van der Waals surface area contributed by atoms with Crippen molar-refractivity contribution in [3.05, 3.63) is 0 Å². The fourth-order valence-corrected chi connectivity index (χ4v) is 5.32. The van der Waals surface area contributed by atoms with Gasteiger partial charge in [-0.15, -0.1) is 0 Å². The molecule has 4 heteroatoms. The van der Waals surface area contributed by atoms with Gasteiger partial charge in [0.15, 0.2) is 0 Å². The maximum Gasteiger partial charge on any atom is 0.0795 e. The summed E-state index contributed by atoms with van der Waals surface area (Å²) < 4.78 is 6.15. The summed E-state index contributed by atoms with van der Waals surface area (Å²) in [7, 11) is 2.08. The van der Waals surface area contributed by atoms with Gasteiger partial charge >= 0.3 is 0 Å². The van der Waals surface area contributed by atoms with Crippen LogP contribution >= 0.6 is 11.8 Å². The molecule has 0 aromatic carbocycles. The summed E-state index contributed by atoms with van der Waals surface area (Å²) in [6.07, 6.45) is 6.55. The van der Waals surface area contributed by atoms with Gasteiger partial charge in [0, 0.05) is 31.0 Å². The monoisotopic (exact) mass is 270 g/mol. The van der Waals surface area contributed by atoms with E-state index in [4.69, 9.17) is 4.74 Å². The molecule has 0 aliphatic carbocycles. The predicted molar refractivity (Wildman–Crippen MR) is 77.3 cm³/mol. The third-order valence-corrected chi connectivity index (χ3v) is 6.09.